The predicted octanol–water partition coefficient (Wildman–Crippen LogP) is 5.60. The Balaban J connectivity index is 1.63. The largest absolute Gasteiger partial charge is 0.298 e. The minimum Gasteiger partial charge on any atom is -0.298 e. The molecule has 4 atom stereocenters. The van der Waals surface area contributed by atoms with Gasteiger partial charge in [0.25, 0.3) is 0 Å². The number of ketones is 1. The molecule has 35 heavy (non-hydrogen) atoms. The molecule has 2 heterocycles. The summed E-state index contributed by atoms with van der Waals surface area (Å²) in [5.74, 6) is 0.0298. The van der Waals surface area contributed by atoms with E-state index in [9.17, 15) is 10.1 Å². The van der Waals surface area contributed by atoms with Crippen LogP contribution in [0, 0.1) is 36.0 Å². The summed E-state index contributed by atoms with van der Waals surface area (Å²) in [6.45, 7) is 3.94. The highest BCUT2D eigenvalue weighted by Crippen LogP contribution is 2.56. The summed E-state index contributed by atoms with van der Waals surface area (Å²) in [7, 11) is 0. The van der Waals surface area contributed by atoms with Crippen molar-refractivity contribution in [2.45, 2.75) is 38.5 Å². The minimum atomic E-state index is -0.641. The average molecular weight is 459 g/mol. The first-order valence-corrected chi connectivity index (χ1v) is 12.2. The molecule has 0 radical (unpaired) electrons. The number of Topliss-reactive ketones (excluding diaryl/α,β-unsaturated/α-hetero) is 1. The highest BCUT2D eigenvalue weighted by Gasteiger charge is 2.56. The van der Waals surface area contributed by atoms with Crippen molar-refractivity contribution < 1.29 is 4.79 Å². The van der Waals surface area contributed by atoms with E-state index in [4.69, 9.17) is 9.97 Å². The van der Waals surface area contributed by atoms with E-state index in [-0.39, 0.29) is 17.6 Å². The summed E-state index contributed by atoms with van der Waals surface area (Å²) in [5.41, 5.74) is 5.72. The summed E-state index contributed by atoms with van der Waals surface area (Å²) in [4.78, 5) is 27.6. The second kappa shape index (κ2) is 8.09. The van der Waals surface area contributed by atoms with Crippen molar-refractivity contribution in [3.63, 3.8) is 0 Å². The summed E-state index contributed by atoms with van der Waals surface area (Å²) < 4.78 is 0. The summed E-state index contributed by atoms with van der Waals surface area (Å²) in [6.07, 6.45) is 3.94. The second-order valence-corrected chi connectivity index (χ2v) is 9.92. The van der Waals surface area contributed by atoms with Crippen molar-refractivity contribution in [1.82, 2.24) is 15.0 Å². The van der Waals surface area contributed by atoms with Crippen LogP contribution < -0.4 is 0 Å². The van der Waals surface area contributed by atoms with Gasteiger partial charge in [0.2, 0.25) is 0 Å². The third-order valence-electron chi connectivity index (χ3n) is 8.12. The van der Waals surface area contributed by atoms with Gasteiger partial charge in [-0.15, -0.1) is 0 Å². The number of nitrogens with zero attached hydrogens (tertiary/aromatic N) is 4. The third kappa shape index (κ3) is 3.20. The average Bonchev–Trinajstić information content (AvgIpc) is 2.90. The van der Waals surface area contributed by atoms with Gasteiger partial charge in [-0.3, -0.25) is 9.78 Å². The molecule has 0 aliphatic heterocycles. The van der Waals surface area contributed by atoms with E-state index in [2.05, 4.69) is 41.4 Å². The van der Waals surface area contributed by atoms with Crippen molar-refractivity contribution >= 4 is 16.7 Å². The number of nitriles is 1. The number of hydrogen-bond acceptors (Lipinski definition) is 5. The van der Waals surface area contributed by atoms with E-state index in [0.29, 0.717) is 12.2 Å². The summed E-state index contributed by atoms with van der Waals surface area (Å²) in [6, 6.07) is 23.0. The Morgan fingerprint density at radius 1 is 1.06 bits per heavy atom. The highest BCUT2D eigenvalue weighted by molar-refractivity contribution is 5.88. The number of fused-ring (bicyclic) bond motifs is 4. The molecular formula is C30H26N4O. The second-order valence-electron chi connectivity index (χ2n) is 9.92. The molecule has 5 nitrogen and oxygen atoms in total. The molecule has 172 valence electrons. The lowest BCUT2D eigenvalue weighted by Crippen LogP contribution is -2.53. The zero-order chi connectivity index (χ0) is 24.2. The first kappa shape index (κ1) is 21.6. The Morgan fingerprint density at radius 2 is 1.89 bits per heavy atom. The molecule has 0 bridgehead atoms. The lowest BCUT2D eigenvalue weighted by molar-refractivity contribution is -0.131. The molecule has 1 saturated carbocycles. The van der Waals surface area contributed by atoms with E-state index in [1.165, 1.54) is 0 Å². The summed E-state index contributed by atoms with van der Waals surface area (Å²) >= 11 is 0. The summed E-state index contributed by atoms with van der Waals surface area (Å²) in [5, 5.41) is 11.0. The number of hydrogen-bond donors (Lipinski definition) is 0. The number of aryl methyl sites for hydroxylation is 1. The molecule has 0 N–H and O–H groups in total. The van der Waals surface area contributed by atoms with Crippen LogP contribution in [0.25, 0.3) is 22.2 Å². The van der Waals surface area contributed by atoms with Gasteiger partial charge < -0.3 is 0 Å². The van der Waals surface area contributed by atoms with Gasteiger partial charge in [-0.2, -0.15) is 5.26 Å². The third-order valence-corrected chi connectivity index (χ3v) is 8.12. The van der Waals surface area contributed by atoms with Crippen molar-refractivity contribution in [1.29, 1.82) is 5.26 Å². The van der Waals surface area contributed by atoms with Crippen LogP contribution in [0.2, 0.25) is 0 Å². The number of benzene rings is 2. The maximum absolute atomic E-state index is 13.1. The predicted molar refractivity (Wildman–Crippen MR) is 134 cm³/mol. The lowest BCUT2D eigenvalue weighted by Gasteiger charge is -2.51. The molecule has 0 saturated heterocycles. The SMILES string of the molecule is Cc1nc(-c2ccc3ncccc3c2)c2c(n1)[C@]1(c3ccccc3)CC(C#N)C(=O)[C@@H](C)[C@@H]1CC2. The van der Waals surface area contributed by atoms with Gasteiger partial charge in [-0.25, -0.2) is 9.97 Å². The molecule has 1 unspecified atom stereocenters. The van der Waals surface area contributed by atoms with Gasteiger partial charge >= 0.3 is 0 Å². The van der Waals surface area contributed by atoms with E-state index in [0.717, 1.165) is 51.8 Å². The van der Waals surface area contributed by atoms with Crippen LogP contribution in [-0.2, 0) is 16.6 Å². The Bertz CT molecular complexity index is 1510. The first-order valence-electron chi connectivity index (χ1n) is 12.2. The van der Waals surface area contributed by atoms with Gasteiger partial charge in [-0.1, -0.05) is 49.4 Å². The van der Waals surface area contributed by atoms with Gasteiger partial charge in [0, 0.05) is 34.0 Å². The lowest BCUT2D eigenvalue weighted by atomic mass is 9.50. The van der Waals surface area contributed by atoms with E-state index < -0.39 is 11.3 Å². The quantitative estimate of drug-likeness (QED) is 0.391. The van der Waals surface area contributed by atoms with Crippen LogP contribution in [0.4, 0.5) is 0 Å². The van der Waals surface area contributed by atoms with E-state index in [1.54, 1.807) is 6.20 Å². The van der Waals surface area contributed by atoms with Crippen molar-refractivity contribution in [3.8, 4) is 17.3 Å². The van der Waals surface area contributed by atoms with Gasteiger partial charge in [-0.05, 0) is 55.9 Å². The molecule has 2 aromatic carbocycles. The van der Waals surface area contributed by atoms with E-state index in [1.807, 2.05) is 44.2 Å². The van der Waals surface area contributed by atoms with Crippen molar-refractivity contribution in [2.24, 2.45) is 17.8 Å². The Kier molecular flexibility index (Phi) is 5.00. The van der Waals surface area contributed by atoms with Gasteiger partial charge in [0.05, 0.1) is 23.0 Å². The molecule has 2 aliphatic rings. The van der Waals surface area contributed by atoms with E-state index >= 15 is 0 Å². The van der Waals surface area contributed by atoms with Gasteiger partial charge in [0.1, 0.15) is 11.7 Å². The maximum Gasteiger partial charge on any atom is 0.153 e. The minimum absolute atomic E-state index is 0.0699. The van der Waals surface area contributed by atoms with Crippen LogP contribution in [-0.4, -0.2) is 20.7 Å². The van der Waals surface area contributed by atoms with Crippen LogP contribution in [0.15, 0.2) is 66.9 Å². The smallest absolute Gasteiger partial charge is 0.153 e. The van der Waals surface area contributed by atoms with Crippen LogP contribution in [0.5, 0.6) is 0 Å². The normalized spacial score (nSPS) is 25.5. The van der Waals surface area contributed by atoms with Crippen LogP contribution in [0.3, 0.4) is 0 Å². The Morgan fingerprint density at radius 3 is 2.69 bits per heavy atom. The number of carbonyl (C=O) groups is 1. The number of pyridine rings is 1. The molecule has 4 aromatic rings. The zero-order valence-corrected chi connectivity index (χ0v) is 19.9. The number of carbonyl (C=O) groups excluding carboxylic acids is 1. The zero-order valence-electron chi connectivity index (χ0n) is 19.9. The molecule has 2 aromatic heterocycles. The molecule has 0 spiro atoms. The van der Waals surface area contributed by atoms with Crippen molar-refractivity contribution in [2.75, 3.05) is 0 Å². The molecule has 0 amide bonds. The molecule has 5 heteroatoms. The Labute approximate surface area is 204 Å². The van der Waals surface area contributed by atoms with Crippen molar-refractivity contribution in [3.05, 3.63) is 89.5 Å². The van der Waals surface area contributed by atoms with Gasteiger partial charge in [0.15, 0.2) is 5.78 Å². The van der Waals surface area contributed by atoms with Crippen LogP contribution >= 0.6 is 0 Å². The fourth-order valence-corrected chi connectivity index (χ4v) is 6.56. The Hall–Kier alpha value is -3.91. The first-order chi connectivity index (χ1) is 17.0. The molecule has 2 aliphatic carbocycles. The molecular weight excluding hydrogens is 432 g/mol. The fraction of sp³-hybridized carbons (Fsp3) is 0.300. The number of rotatable bonds is 2. The number of aromatic nitrogens is 3. The van der Waals surface area contributed by atoms with Crippen LogP contribution in [0.1, 0.15) is 42.4 Å². The monoisotopic (exact) mass is 458 g/mol. The topological polar surface area (TPSA) is 79.5 Å². The molecule has 6 rings (SSSR count). The molecule has 1 fully saturated rings. The maximum atomic E-state index is 13.1. The highest BCUT2D eigenvalue weighted by atomic mass is 16.1. The standard InChI is InChI=1S/C30H26N4O/c1-18-25-12-11-24-27(21-10-13-26-20(15-21)7-6-14-32-26)33-19(2)34-29(24)30(25,16-22(17-31)28(18)35)23-8-4-3-5-9-23/h3-10,13-15,18,22,25H,11-12,16H2,1-2H3/t18-,22?,25-,30-/m0/s1. The fourth-order valence-electron chi connectivity index (χ4n) is 6.56.